The van der Waals surface area contributed by atoms with E-state index in [9.17, 15) is 18.0 Å². The Balaban J connectivity index is 1.77. The van der Waals surface area contributed by atoms with E-state index in [1.807, 2.05) is 75.4 Å². The molecule has 46 heavy (non-hydrogen) atoms. The van der Waals surface area contributed by atoms with Crippen LogP contribution >= 0.6 is 0 Å². The molecule has 0 saturated heterocycles. The Bertz CT molecular complexity index is 1650. The van der Waals surface area contributed by atoms with Gasteiger partial charge in [-0.25, -0.2) is 8.42 Å². The Morgan fingerprint density at radius 3 is 2.04 bits per heavy atom. The molecule has 0 spiro atoms. The van der Waals surface area contributed by atoms with E-state index in [0.29, 0.717) is 24.6 Å². The highest BCUT2D eigenvalue weighted by Gasteiger charge is 2.34. The maximum Gasteiger partial charge on any atom is 0.264 e. The highest BCUT2D eigenvalue weighted by molar-refractivity contribution is 7.92. The van der Waals surface area contributed by atoms with Gasteiger partial charge in [0.15, 0.2) is 0 Å². The van der Waals surface area contributed by atoms with Crippen molar-refractivity contribution in [2.75, 3.05) is 24.0 Å². The highest BCUT2D eigenvalue weighted by atomic mass is 32.2. The number of carbonyl (C=O) groups is 2. The Hall–Kier alpha value is -4.63. The van der Waals surface area contributed by atoms with E-state index >= 15 is 0 Å². The number of aryl methyl sites for hydroxylation is 1. The Morgan fingerprint density at radius 2 is 1.43 bits per heavy atom. The van der Waals surface area contributed by atoms with Crippen molar-refractivity contribution in [3.8, 4) is 5.75 Å². The molecule has 0 bridgehead atoms. The number of hydrogen-bond acceptors (Lipinski definition) is 5. The van der Waals surface area contributed by atoms with Gasteiger partial charge in [-0.05, 0) is 67.8 Å². The first-order valence-corrected chi connectivity index (χ1v) is 17.1. The lowest BCUT2D eigenvalue weighted by Crippen LogP contribution is -2.53. The number of nitrogens with zero attached hydrogens (tertiary/aromatic N) is 2. The van der Waals surface area contributed by atoms with Crippen molar-refractivity contribution >= 4 is 27.5 Å². The fourth-order valence-corrected chi connectivity index (χ4v) is 6.51. The first-order valence-electron chi connectivity index (χ1n) is 15.7. The molecule has 1 atom stereocenters. The minimum absolute atomic E-state index is 0.0555. The maximum atomic E-state index is 14.5. The predicted octanol–water partition coefficient (Wildman–Crippen LogP) is 6.15. The largest absolute Gasteiger partial charge is 0.494 e. The zero-order chi connectivity index (χ0) is 32.9. The minimum Gasteiger partial charge on any atom is -0.494 e. The molecule has 0 heterocycles. The van der Waals surface area contributed by atoms with Crippen LogP contribution in [0, 0.1) is 6.92 Å². The average molecular weight is 642 g/mol. The van der Waals surface area contributed by atoms with Gasteiger partial charge in [0.05, 0.1) is 17.2 Å². The molecular weight excluding hydrogens is 598 g/mol. The lowest BCUT2D eigenvalue weighted by Gasteiger charge is -2.34. The van der Waals surface area contributed by atoms with Crippen LogP contribution in [0.15, 0.2) is 114 Å². The van der Waals surface area contributed by atoms with E-state index in [-0.39, 0.29) is 23.8 Å². The summed E-state index contributed by atoms with van der Waals surface area (Å²) in [4.78, 5) is 29.9. The second-order valence-electron chi connectivity index (χ2n) is 11.1. The normalized spacial score (nSPS) is 11.8. The van der Waals surface area contributed by atoms with Crippen LogP contribution in [-0.4, -0.2) is 50.9 Å². The fraction of sp³-hybridized carbons (Fsp3) is 0.297. The summed E-state index contributed by atoms with van der Waals surface area (Å²) in [6.45, 7) is 6.45. The van der Waals surface area contributed by atoms with Gasteiger partial charge >= 0.3 is 0 Å². The Labute approximate surface area is 273 Å². The van der Waals surface area contributed by atoms with E-state index < -0.39 is 28.5 Å². The molecule has 1 N–H and O–H groups in total. The second-order valence-corrected chi connectivity index (χ2v) is 13.0. The van der Waals surface area contributed by atoms with Crippen molar-refractivity contribution in [2.45, 2.75) is 57.5 Å². The standard InChI is InChI=1S/C37H43N3O5S/c1-4-6-25-38-37(42)35(26-30-13-9-7-10-14-30)39(27-31-19-17-29(3)18-20-31)36(41)28-40(32-21-23-33(24-22-32)45-5-2)46(43,44)34-15-11-8-12-16-34/h7-24,35H,4-6,25-28H2,1-3H3,(H,38,42)/t35-/m0/s1. The molecular formula is C37H43N3O5S. The van der Waals surface area contributed by atoms with E-state index in [1.54, 1.807) is 42.5 Å². The number of carbonyl (C=O) groups excluding carboxylic acids is 2. The monoisotopic (exact) mass is 641 g/mol. The van der Waals surface area contributed by atoms with E-state index in [2.05, 4.69) is 5.32 Å². The van der Waals surface area contributed by atoms with Gasteiger partial charge in [-0.15, -0.1) is 0 Å². The fourth-order valence-electron chi connectivity index (χ4n) is 5.07. The van der Waals surface area contributed by atoms with Crippen molar-refractivity contribution in [3.63, 3.8) is 0 Å². The summed E-state index contributed by atoms with van der Waals surface area (Å²) in [5, 5.41) is 3.01. The zero-order valence-electron chi connectivity index (χ0n) is 26.8. The number of hydrogen-bond donors (Lipinski definition) is 1. The topological polar surface area (TPSA) is 96.0 Å². The van der Waals surface area contributed by atoms with Gasteiger partial charge in [-0.2, -0.15) is 0 Å². The molecule has 4 aromatic rings. The van der Waals surface area contributed by atoms with Crippen LogP contribution in [0.3, 0.4) is 0 Å². The van der Waals surface area contributed by atoms with Crippen LogP contribution in [-0.2, 0) is 32.6 Å². The average Bonchev–Trinajstić information content (AvgIpc) is 3.07. The van der Waals surface area contributed by atoms with Crippen LogP contribution in [0.5, 0.6) is 5.75 Å². The van der Waals surface area contributed by atoms with Gasteiger partial charge in [0, 0.05) is 19.5 Å². The number of benzene rings is 4. The molecule has 0 aliphatic heterocycles. The van der Waals surface area contributed by atoms with Crippen LogP contribution in [0.4, 0.5) is 5.69 Å². The third kappa shape index (κ3) is 9.20. The number of nitrogens with one attached hydrogen (secondary N) is 1. The quantitative estimate of drug-likeness (QED) is 0.148. The van der Waals surface area contributed by atoms with Crippen molar-refractivity contribution in [1.29, 1.82) is 0 Å². The number of rotatable bonds is 16. The van der Waals surface area contributed by atoms with E-state index in [0.717, 1.165) is 33.8 Å². The third-order valence-corrected chi connectivity index (χ3v) is 9.41. The number of sulfonamides is 1. The van der Waals surface area contributed by atoms with Crippen LogP contribution in [0.2, 0.25) is 0 Å². The smallest absolute Gasteiger partial charge is 0.264 e. The molecule has 8 nitrogen and oxygen atoms in total. The first kappa shape index (κ1) is 34.2. The summed E-state index contributed by atoms with van der Waals surface area (Å²) in [5.41, 5.74) is 3.09. The summed E-state index contributed by atoms with van der Waals surface area (Å²) in [7, 11) is -4.16. The molecule has 0 aliphatic carbocycles. The Morgan fingerprint density at radius 1 is 0.804 bits per heavy atom. The van der Waals surface area contributed by atoms with Gasteiger partial charge < -0.3 is 15.0 Å². The van der Waals surface area contributed by atoms with Crippen LogP contribution in [0.25, 0.3) is 0 Å². The van der Waals surface area contributed by atoms with Gasteiger partial charge in [0.1, 0.15) is 18.3 Å². The third-order valence-electron chi connectivity index (χ3n) is 7.62. The van der Waals surface area contributed by atoms with E-state index in [1.165, 1.54) is 17.0 Å². The van der Waals surface area contributed by atoms with Crippen molar-refractivity contribution in [1.82, 2.24) is 10.2 Å². The first-order chi connectivity index (χ1) is 22.2. The van der Waals surface area contributed by atoms with E-state index in [4.69, 9.17) is 4.74 Å². The highest BCUT2D eigenvalue weighted by Crippen LogP contribution is 2.27. The Kier molecular flexibility index (Phi) is 12.4. The number of ether oxygens (including phenoxy) is 1. The lowest BCUT2D eigenvalue weighted by atomic mass is 10.0. The molecule has 0 unspecified atom stereocenters. The molecule has 0 aromatic heterocycles. The molecule has 0 saturated carbocycles. The summed E-state index contributed by atoms with van der Waals surface area (Å²) >= 11 is 0. The number of amides is 2. The molecule has 4 rings (SSSR count). The summed E-state index contributed by atoms with van der Waals surface area (Å²) in [5.74, 6) is -0.195. The predicted molar refractivity (Wildman–Crippen MR) is 182 cm³/mol. The molecule has 4 aromatic carbocycles. The summed E-state index contributed by atoms with van der Waals surface area (Å²) < 4.78 is 34.9. The molecule has 0 radical (unpaired) electrons. The van der Waals surface area contributed by atoms with Gasteiger partial charge in [0.2, 0.25) is 11.8 Å². The van der Waals surface area contributed by atoms with Gasteiger partial charge in [-0.3, -0.25) is 13.9 Å². The minimum atomic E-state index is -4.16. The van der Waals surface area contributed by atoms with Gasteiger partial charge in [-0.1, -0.05) is 91.7 Å². The summed E-state index contributed by atoms with van der Waals surface area (Å²) in [6.07, 6.45) is 1.98. The van der Waals surface area contributed by atoms with Crippen molar-refractivity contribution in [2.24, 2.45) is 0 Å². The zero-order valence-corrected chi connectivity index (χ0v) is 27.6. The van der Waals surface area contributed by atoms with Crippen molar-refractivity contribution in [3.05, 3.63) is 126 Å². The summed E-state index contributed by atoms with van der Waals surface area (Å²) in [6, 6.07) is 31.1. The molecule has 2 amide bonds. The molecule has 9 heteroatoms. The molecule has 0 aliphatic rings. The molecule has 0 fully saturated rings. The van der Waals surface area contributed by atoms with Gasteiger partial charge in [0.25, 0.3) is 10.0 Å². The maximum absolute atomic E-state index is 14.5. The number of unbranched alkanes of at least 4 members (excludes halogenated alkanes) is 1. The lowest BCUT2D eigenvalue weighted by molar-refractivity contribution is -0.140. The number of anilines is 1. The van der Waals surface area contributed by atoms with Crippen molar-refractivity contribution < 1.29 is 22.7 Å². The van der Waals surface area contributed by atoms with Crippen LogP contribution in [0.1, 0.15) is 43.4 Å². The second kappa shape index (κ2) is 16.6. The SMILES string of the molecule is CCCCNC(=O)[C@H](Cc1ccccc1)N(Cc1ccc(C)cc1)C(=O)CN(c1ccc(OCC)cc1)S(=O)(=O)c1ccccc1. The molecule has 242 valence electrons. The van der Waals surface area contributed by atoms with Crippen LogP contribution < -0.4 is 14.4 Å².